The highest BCUT2D eigenvalue weighted by atomic mass is 32.2. The first-order chi connectivity index (χ1) is 12.2. The van der Waals surface area contributed by atoms with Crippen molar-refractivity contribution in [3.63, 3.8) is 0 Å². The minimum Gasteiger partial charge on any atom is -0.458 e. The van der Waals surface area contributed by atoms with Crippen molar-refractivity contribution in [2.45, 2.75) is 56.8 Å². The Kier molecular flexibility index (Phi) is 5.85. The van der Waals surface area contributed by atoms with Crippen molar-refractivity contribution in [3.8, 4) is 0 Å². The summed E-state index contributed by atoms with van der Waals surface area (Å²) in [6.45, 7) is 2.90. The van der Waals surface area contributed by atoms with Gasteiger partial charge in [0.25, 0.3) is 0 Å². The molecule has 4 aliphatic rings. The van der Waals surface area contributed by atoms with Gasteiger partial charge in [0.15, 0.2) is 6.61 Å². The average molecular weight is 396 g/mol. The number of rotatable bonds is 8. The van der Waals surface area contributed by atoms with E-state index in [2.05, 4.69) is 9.37 Å². The van der Waals surface area contributed by atoms with E-state index in [1.165, 1.54) is 0 Å². The molecule has 0 saturated heterocycles. The Bertz CT molecular complexity index is 533. The Morgan fingerprint density at radius 3 is 2.69 bits per heavy atom. The Labute approximate surface area is 155 Å². The van der Waals surface area contributed by atoms with Crippen LogP contribution in [0.15, 0.2) is 0 Å². The van der Waals surface area contributed by atoms with Gasteiger partial charge in [-0.05, 0) is 55.8 Å². The third kappa shape index (κ3) is 3.87. The molecular formula is C17H26F2O6S. The molecule has 4 saturated carbocycles. The van der Waals surface area contributed by atoms with Gasteiger partial charge in [-0.2, -0.15) is 8.78 Å². The van der Waals surface area contributed by atoms with Gasteiger partial charge < -0.3 is 9.84 Å². The molecule has 9 heteroatoms. The van der Waals surface area contributed by atoms with E-state index in [-0.39, 0.29) is 23.7 Å². The van der Waals surface area contributed by atoms with Gasteiger partial charge >= 0.3 is 11.2 Å². The molecule has 4 rings (SSSR count). The molecule has 6 unspecified atom stereocenters. The second-order valence-corrected chi connectivity index (χ2v) is 9.36. The van der Waals surface area contributed by atoms with Gasteiger partial charge in [0.2, 0.25) is 0 Å². The molecule has 0 spiro atoms. The van der Waals surface area contributed by atoms with Gasteiger partial charge in [-0.25, -0.2) is 5.26 Å². The molecule has 0 amide bonds. The van der Waals surface area contributed by atoms with Gasteiger partial charge in [-0.15, -0.1) is 4.33 Å². The first kappa shape index (κ1) is 20.3. The third-order valence-corrected chi connectivity index (χ3v) is 6.79. The zero-order valence-electron chi connectivity index (χ0n) is 14.9. The number of ether oxygens (including phenoxy) is 1. The van der Waals surface area contributed by atoms with E-state index in [0.717, 1.165) is 25.7 Å². The van der Waals surface area contributed by atoms with Crippen LogP contribution in [0.5, 0.6) is 0 Å². The molecule has 0 aromatic rings. The third-order valence-electron chi connectivity index (χ3n) is 6.30. The molecule has 2 N–H and O–H groups in total. The smallest absolute Gasteiger partial charge is 0.354 e. The van der Waals surface area contributed by atoms with Gasteiger partial charge in [0, 0.05) is 5.92 Å². The van der Waals surface area contributed by atoms with E-state index in [1.807, 2.05) is 13.8 Å². The highest BCUT2D eigenvalue weighted by Crippen LogP contribution is 2.62. The Morgan fingerprint density at radius 2 is 2.04 bits per heavy atom. The fraction of sp³-hybridized carbons (Fsp3) is 0.941. The highest BCUT2D eigenvalue weighted by molar-refractivity contribution is 7.95. The van der Waals surface area contributed by atoms with Crippen LogP contribution >= 0.6 is 12.0 Å². The number of hydrogen-bond acceptors (Lipinski definition) is 7. The Hall–Kier alpha value is -0.480. The van der Waals surface area contributed by atoms with E-state index >= 15 is 0 Å². The van der Waals surface area contributed by atoms with Crippen molar-refractivity contribution in [3.05, 3.63) is 0 Å². The normalized spacial score (nSPS) is 38.8. The predicted molar refractivity (Wildman–Crippen MR) is 88.6 cm³/mol. The zero-order valence-corrected chi connectivity index (χ0v) is 15.7. The second-order valence-electron chi connectivity index (χ2n) is 8.46. The number of carbonyl (C=O) groups excluding carboxylic acids is 1. The molecule has 6 nitrogen and oxygen atoms in total. The van der Waals surface area contributed by atoms with Crippen LogP contribution in [0.4, 0.5) is 8.78 Å². The minimum atomic E-state index is -3.54. The second kappa shape index (κ2) is 7.50. The summed E-state index contributed by atoms with van der Waals surface area (Å²) in [5.74, 6) is -0.377. The summed E-state index contributed by atoms with van der Waals surface area (Å²) in [7, 11) is 0. The molecule has 0 heterocycles. The van der Waals surface area contributed by atoms with E-state index in [0.29, 0.717) is 12.3 Å². The molecule has 4 bridgehead atoms. The summed E-state index contributed by atoms with van der Waals surface area (Å²) >= 11 is -0.428. The number of hydrogen-bond donors (Lipinski definition) is 2. The maximum Gasteiger partial charge on any atom is 0.354 e. The van der Waals surface area contributed by atoms with Crippen molar-refractivity contribution < 1.29 is 38.0 Å². The van der Waals surface area contributed by atoms with Crippen LogP contribution in [-0.2, 0) is 18.9 Å². The Balaban J connectivity index is 1.70. The zero-order chi connectivity index (χ0) is 19.1. The van der Waals surface area contributed by atoms with Crippen molar-refractivity contribution in [1.82, 2.24) is 0 Å². The molecular weight excluding hydrogens is 370 g/mol. The summed E-state index contributed by atoms with van der Waals surface area (Å²) in [6.07, 6.45) is 4.01. The van der Waals surface area contributed by atoms with Crippen molar-refractivity contribution in [2.75, 3.05) is 6.61 Å². The largest absolute Gasteiger partial charge is 0.458 e. The van der Waals surface area contributed by atoms with E-state index in [1.54, 1.807) is 0 Å². The fourth-order valence-electron chi connectivity index (χ4n) is 5.70. The SMILES string of the molecule is CC(C)CC1(O)C2CC3CC(C2)C(C(=O)OCC(F)(F)SOOO)C1C3. The quantitative estimate of drug-likeness (QED) is 0.280. The lowest BCUT2D eigenvalue weighted by Gasteiger charge is -2.62. The lowest BCUT2D eigenvalue weighted by molar-refractivity contribution is -0.433. The molecule has 150 valence electrons. The lowest BCUT2D eigenvalue weighted by atomic mass is 9.45. The standard InChI is InChI=1S/C17H26F2O6S/c1-9(2)7-16(21)12-4-10-3-11(6-12)14(13(16)5-10)15(20)23-8-17(18,19)26-25-24-22/h9-14,21-22H,3-8H2,1-2H3. The molecule has 0 aromatic heterocycles. The molecule has 0 aromatic carbocycles. The van der Waals surface area contributed by atoms with Crippen molar-refractivity contribution in [1.29, 1.82) is 0 Å². The van der Waals surface area contributed by atoms with E-state index in [4.69, 9.17) is 9.99 Å². The van der Waals surface area contributed by atoms with Crippen LogP contribution in [0, 0.1) is 35.5 Å². The monoisotopic (exact) mass is 396 g/mol. The van der Waals surface area contributed by atoms with Crippen LogP contribution in [0.25, 0.3) is 0 Å². The van der Waals surface area contributed by atoms with E-state index in [9.17, 15) is 18.7 Å². The number of esters is 1. The molecule has 4 aliphatic carbocycles. The first-order valence-electron chi connectivity index (χ1n) is 9.09. The topological polar surface area (TPSA) is 85.2 Å². The van der Waals surface area contributed by atoms with Crippen LogP contribution in [0.1, 0.15) is 46.0 Å². The summed E-state index contributed by atoms with van der Waals surface area (Å²) in [5, 5.41) is 19.0. The Morgan fingerprint density at radius 1 is 1.31 bits per heavy atom. The highest BCUT2D eigenvalue weighted by Gasteiger charge is 2.62. The van der Waals surface area contributed by atoms with Crippen LogP contribution < -0.4 is 0 Å². The van der Waals surface area contributed by atoms with Gasteiger partial charge in [-0.3, -0.25) is 4.79 Å². The number of carbonyl (C=O) groups is 1. The first-order valence-corrected chi connectivity index (χ1v) is 9.83. The maximum absolute atomic E-state index is 13.5. The molecule has 4 fully saturated rings. The lowest BCUT2D eigenvalue weighted by Crippen LogP contribution is -2.63. The van der Waals surface area contributed by atoms with Crippen molar-refractivity contribution in [2.24, 2.45) is 35.5 Å². The number of aliphatic hydroxyl groups is 1. The number of halogens is 2. The summed E-state index contributed by atoms with van der Waals surface area (Å²) in [4.78, 5) is 12.6. The molecule has 6 atom stereocenters. The minimum absolute atomic E-state index is 0.0933. The van der Waals surface area contributed by atoms with E-state index < -0.39 is 41.4 Å². The molecule has 0 aliphatic heterocycles. The number of alkyl halides is 2. The predicted octanol–water partition coefficient (Wildman–Crippen LogP) is 3.65. The average Bonchev–Trinajstić information content (AvgIpc) is 2.55. The van der Waals surface area contributed by atoms with Crippen LogP contribution in [-0.4, -0.2) is 33.8 Å². The molecule has 26 heavy (non-hydrogen) atoms. The van der Waals surface area contributed by atoms with Gasteiger partial charge in [0.05, 0.1) is 11.5 Å². The molecule has 0 radical (unpaired) electrons. The maximum atomic E-state index is 13.5. The van der Waals surface area contributed by atoms with Crippen LogP contribution in [0.2, 0.25) is 0 Å². The van der Waals surface area contributed by atoms with Gasteiger partial charge in [-0.1, -0.05) is 18.9 Å². The summed E-state index contributed by atoms with van der Waals surface area (Å²) < 4.78 is 35.7. The summed E-state index contributed by atoms with van der Waals surface area (Å²) in [5.41, 5.74) is -0.920. The summed E-state index contributed by atoms with van der Waals surface area (Å²) in [6, 6.07) is 0. The fourth-order valence-corrected chi connectivity index (χ4v) is 5.94. The van der Waals surface area contributed by atoms with Crippen molar-refractivity contribution >= 4 is 18.0 Å². The van der Waals surface area contributed by atoms with Gasteiger partial charge in [0.1, 0.15) is 12.0 Å². The van der Waals surface area contributed by atoms with Crippen LogP contribution in [0.3, 0.4) is 0 Å².